The van der Waals surface area contributed by atoms with Crippen LogP contribution in [-0.4, -0.2) is 41.0 Å². The maximum Gasteiger partial charge on any atom is 0.254 e. The van der Waals surface area contributed by atoms with Gasteiger partial charge in [-0.05, 0) is 44.9 Å². The van der Waals surface area contributed by atoms with E-state index >= 15 is 0 Å². The molecule has 2 atom stereocenters. The Morgan fingerprint density at radius 2 is 1.91 bits per heavy atom. The third-order valence-corrected chi connectivity index (χ3v) is 4.83. The maximum absolute atomic E-state index is 13.1. The van der Waals surface area contributed by atoms with Crippen molar-refractivity contribution in [2.45, 2.75) is 38.8 Å². The molecule has 114 valence electrons. The summed E-state index contributed by atoms with van der Waals surface area (Å²) >= 11 is 0. The number of nitrogens with one attached hydrogen (secondary N) is 1. The quantitative estimate of drug-likeness (QED) is 0.879. The number of rotatable bonds is 1. The number of piperazine rings is 1. The monoisotopic (exact) mass is 295 g/mol. The second-order valence-electron chi connectivity index (χ2n) is 6.68. The highest BCUT2D eigenvalue weighted by Gasteiger charge is 2.34. The van der Waals surface area contributed by atoms with E-state index in [4.69, 9.17) is 0 Å². The Kier molecular flexibility index (Phi) is 3.15. The molecule has 3 heterocycles. The van der Waals surface area contributed by atoms with E-state index in [1.807, 2.05) is 30.0 Å². The molecular weight excluding hydrogens is 274 g/mol. The highest BCUT2D eigenvalue weighted by Crippen LogP contribution is 2.25. The molecule has 2 saturated heterocycles. The number of benzene rings is 1. The van der Waals surface area contributed by atoms with Crippen LogP contribution in [0.3, 0.4) is 0 Å². The lowest BCUT2D eigenvalue weighted by Gasteiger charge is -2.33. The second-order valence-corrected chi connectivity index (χ2v) is 6.68. The van der Waals surface area contributed by atoms with E-state index in [9.17, 15) is 4.79 Å². The summed E-state index contributed by atoms with van der Waals surface area (Å²) < 4.78 is 0. The topological polar surface area (TPSA) is 45.2 Å². The van der Waals surface area contributed by atoms with Crippen molar-refractivity contribution in [1.29, 1.82) is 0 Å². The average Bonchev–Trinajstić information content (AvgIpc) is 2.84. The summed E-state index contributed by atoms with van der Waals surface area (Å²) in [4.78, 5) is 19.7. The molecule has 22 heavy (non-hydrogen) atoms. The lowest BCUT2D eigenvalue weighted by atomic mass is 10.0. The van der Waals surface area contributed by atoms with Gasteiger partial charge < -0.3 is 10.2 Å². The number of carbonyl (C=O) groups excluding carboxylic acids is 1. The summed E-state index contributed by atoms with van der Waals surface area (Å²) in [6.45, 7) is 5.66. The molecule has 2 bridgehead atoms. The van der Waals surface area contributed by atoms with Crippen molar-refractivity contribution in [3.8, 4) is 0 Å². The number of fused-ring (bicyclic) bond motifs is 3. The van der Waals surface area contributed by atoms with Crippen LogP contribution < -0.4 is 5.32 Å². The van der Waals surface area contributed by atoms with Gasteiger partial charge in [0.05, 0.1) is 11.1 Å². The van der Waals surface area contributed by atoms with E-state index in [1.54, 1.807) is 0 Å². The van der Waals surface area contributed by atoms with Gasteiger partial charge in [-0.25, -0.2) is 0 Å². The molecule has 1 N–H and O–H groups in total. The van der Waals surface area contributed by atoms with E-state index in [1.165, 1.54) is 12.8 Å². The predicted octanol–water partition coefficient (Wildman–Crippen LogP) is 2.43. The molecule has 2 aliphatic heterocycles. The van der Waals surface area contributed by atoms with Gasteiger partial charge in [0.15, 0.2) is 0 Å². The molecule has 1 aromatic carbocycles. The van der Waals surface area contributed by atoms with Crippen molar-refractivity contribution in [3.63, 3.8) is 0 Å². The Hall–Kier alpha value is -1.94. The number of aryl methyl sites for hydroxylation is 2. The molecule has 4 nitrogen and oxygen atoms in total. The van der Waals surface area contributed by atoms with Gasteiger partial charge in [-0.1, -0.05) is 11.6 Å². The largest absolute Gasteiger partial charge is 0.336 e. The van der Waals surface area contributed by atoms with Crippen LogP contribution in [0.15, 0.2) is 24.3 Å². The number of pyridine rings is 1. The van der Waals surface area contributed by atoms with Gasteiger partial charge in [-0.2, -0.15) is 0 Å². The lowest BCUT2D eigenvalue weighted by Crippen LogP contribution is -2.53. The first-order valence-corrected chi connectivity index (χ1v) is 8.03. The third kappa shape index (κ3) is 2.28. The van der Waals surface area contributed by atoms with E-state index in [2.05, 4.69) is 23.3 Å². The van der Waals surface area contributed by atoms with Crippen LogP contribution in [0, 0.1) is 13.8 Å². The van der Waals surface area contributed by atoms with Gasteiger partial charge in [0.1, 0.15) is 0 Å². The molecule has 0 aliphatic carbocycles. The molecule has 0 saturated carbocycles. The zero-order chi connectivity index (χ0) is 15.3. The first-order valence-electron chi connectivity index (χ1n) is 8.03. The Morgan fingerprint density at radius 3 is 2.64 bits per heavy atom. The molecule has 2 aromatic rings. The number of amides is 1. The molecular formula is C18H21N3O. The van der Waals surface area contributed by atoms with Crippen LogP contribution in [0.4, 0.5) is 0 Å². The Balaban J connectivity index is 1.76. The van der Waals surface area contributed by atoms with Crippen molar-refractivity contribution >= 4 is 16.8 Å². The fourth-order valence-electron chi connectivity index (χ4n) is 3.78. The molecule has 1 aromatic heterocycles. The highest BCUT2D eigenvalue weighted by atomic mass is 16.2. The van der Waals surface area contributed by atoms with Crippen LogP contribution in [0.1, 0.15) is 34.5 Å². The van der Waals surface area contributed by atoms with E-state index in [0.29, 0.717) is 12.1 Å². The van der Waals surface area contributed by atoms with Gasteiger partial charge >= 0.3 is 0 Å². The predicted molar refractivity (Wildman–Crippen MR) is 87.1 cm³/mol. The Bertz CT molecular complexity index is 743. The zero-order valence-corrected chi connectivity index (χ0v) is 13.1. The van der Waals surface area contributed by atoms with Crippen molar-refractivity contribution in [2.24, 2.45) is 0 Å². The van der Waals surface area contributed by atoms with Gasteiger partial charge in [-0.3, -0.25) is 9.78 Å². The third-order valence-electron chi connectivity index (χ3n) is 4.83. The van der Waals surface area contributed by atoms with Gasteiger partial charge in [0.2, 0.25) is 0 Å². The Labute approximate surface area is 130 Å². The second kappa shape index (κ2) is 5.06. The zero-order valence-electron chi connectivity index (χ0n) is 13.1. The summed E-state index contributed by atoms with van der Waals surface area (Å²) in [7, 11) is 0. The van der Waals surface area contributed by atoms with Crippen molar-refractivity contribution in [3.05, 3.63) is 41.1 Å². The summed E-state index contributed by atoms with van der Waals surface area (Å²) in [6, 6.07) is 9.02. The summed E-state index contributed by atoms with van der Waals surface area (Å²) in [5, 5.41) is 4.55. The van der Waals surface area contributed by atoms with E-state index in [-0.39, 0.29) is 5.91 Å². The molecule has 2 fully saturated rings. The lowest BCUT2D eigenvalue weighted by molar-refractivity contribution is 0.0699. The summed E-state index contributed by atoms with van der Waals surface area (Å²) in [5.41, 5.74) is 3.77. The summed E-state index contributed by atoms with van der Waals surface area (Å²) in [5.74, 6) is 0.152. The number of nitrogens with zero attached hydrogens (tertiary/aromatic N) is 2. The first kappa shape index (κ1) is 13.7. The normalized spacial score (nSPS) is 24.0. The van der Waals surface area contributed by atoms with Gasteiger partial charge in [0, 0.05) is 36.3 Å². The average molecular weight is 295 g/mol. The first-order chi connectivity index (χ1) is 10.6. The number of carbonyl (C=O) groups is 1. The maximum atomic E-state index is 13.1. The number of hydrogen-bond donors (Lipinski definition) is 1. The standard InChI is InChI=1S/C18H21N3O/c1-11-3-6-17-15(7-11)16(8-12(2)19-17)18(22)21-9-13-4-5-14(10-21)20-13/h3,6-8,13-14,20H,4-5,9-10H2,1-2H3/t13-,14+. The molecule has 0 spiro atoms. The molecule has 0 unspecified atom stereocenters. The number of hydrogen-bond acceptors (Lipinski definition) is 3. The van der Waals surface area contributed by atoms with Crippen LogP contribution in [0.25, 0.3) is 10.9 Å². The number of aromatic nitrogens is 1. The smallest absolute Gasteiger partial charge is 0.254 e. The molecule has 2 aliphatic rings. The minimum absolute atomic E-state index is 0.152. The van der Waals surface area contributed by atoms with Gasteiger partial charge in [0.25, 0.3) is 5.91 Å². The van der Waals surface area contributed by atoms with E-state index < -0.39 is 0 Å². The van der Waals surface area contributed by atoms with Crippen LogP contribution in [0.5, 0.6) is 0 Å². The van der Waals surface area contributed by atoms with Gasteiger partial charge in [-0.15, -0.1) is 0 Å². The van der Waals surface area contributed by atoms with Crippen LogP contribution in [0.2, 0.25) is 0 Å². The van der Waals surface area contributed by atoms with Crippen molar-refractivity contribution in [1.82, 2.24) is 15.2 Å². The minimum Gasteiger partial charge on any atom is -0.336 e. The van der Waals surface area contributed by atoms with Crippen molar-refractivity contribution < 1.29 is 4.79 Å². The van der Waals surface area contributed by atoms with Crippen LogP contribution in [-0.2, 0) is 0 Å². The molecule has 4 heteroatoms. The fraction of sp³-hybridized carbons (Fsp3) is 0.444. The molecule has 1 amide bonds. The molecule has 4 rings (SSSR count). The van der Waals surface area contributed by atoms with Crippen LogP contribution >= 0.6 is 0 Å². The SMILES string of the molecule is Cc1ccc2nc(C)cc(C(=O)N3C[C@H]4CC[C@@H](C3)N4)c2c1. The van der Waals surface area contributed by atoms with E-state index in [0.717, 1.165) is 40.8 Å². The summed E-state index contributed by atoms with van der Waals surface area (Å²) in [6.07, 6.45) is 2.37. The highest BCUT2D eigenvalue weighted by molar-refractivity contribution is 6.06. The fourth-order valence-corrected chi connectivity index (χ4v) is 3.78. The molecule has 0 radical (unpaired) electrons. The van der Waals surface area contributed by atoms with Crippen molar-refractivity contribution in [2.75, 3.05) is 13.1 Å². The minimum atomic E-state index is 0.152. The number of likely N-dealkylation sites (tertiary alicyclic amines) is 1. The Morgan fingerprint density at radius 1 is 1.18 bits per heavy atom.